The zero-order valence-electron chi connectivity index (χ0n) is 22.3. The molecule has 5 N–H and O–H groups in total. The third-order valence-corrected chi connectivity index (χ3v) is 6.51. The lowest BCUT2D eigenvalue weighted by Crippen LogP contribution is -2.21. The molecule has 0 spiro atoms. The number of aliphatic hydroxyl groups excluding tert-OH is 1. The van der Waals surface area contributed by atoms with E-state index in [-0.39, 0.29) is 41.3 Å². The highest BCUT2D eigenvalue weighted by molar-refractivity contribution is 7.32. The molecule has 13 nitrogen and oxygen atoms in total. The summed E-state index contributed by atoms with van der Waals surface area (Å²) in [6.07, 6.45) is -0.599. The van der Waals surface area contributed by atoms with Crippen molar-refractivity contribution in [3.8, 4) is 11.3 Å². The van der Waals surface area contributed by atoms with Gasteiger partial charge in [0, 0.05) is 38.2 Å². The molecule has 0 saturated heterocycles. The van der Waals surface area contributed by atoms with Gasteiger partial charge < -0.3 is 30.5 Å². The molecule has 43 heavy (non-hydrogen) atoms. The lowest BCUT2D eigenvalue weighted by molar-refractivity contribution is -0.137. The number of pyridine rings is 1. The number of rotatable bonds is 12. The molecule has 228 valence electrons. The zero-order valence-corrected chi connectivity index (χ0v) is 24.1. The molecule has 0 aliphatic rings. The second-order valence-electron chi connectivity index (χ2n) is 8.81. The SMILES string of the molecule is CNC(=O)c1nc(-c2cnn(CCCO)c2)ccc1Nc1nc(Nc2ccc(CO[PH](=O)O)cc2Cl)ncc1C(F)(F)F. The van der Waals surface area contributed by atoms with Crippen LogP contribution in [-0.2, 0) is 28.4 Å². The molecule has 3 aromatic heterocycles. The second kappa shape index (κ2) is 13.9. The van der Waals surface area contributed by atoms with Crippen LogP contribution in [-0.4, -0.2) is 54.3 Å². The van der Waals surface area contributed by atoms with Crippen LogP contribution >= 0.6 is 19.9 Å². The van der Waals surface area contributed by atoms with Gasteiger partial charge in [0.1, 0.15) is 11.4 Å². The minimum absolute atomic E-state index is 0.0142. The first-order valence-corrected chi connectivity index (χ1v) is 14.1. The normalized spacial score (nSPS) is 12.2. The van der Waals surface area contributed by atoms with Crippen molar-refractivity contribution < 1.29 is 37.1 Å². The number of amides is 1. The topological polar surface area (TPSA) is 176 Å². The van der Waals surface area contributed by atoms with E-state index < -0.39 is 31.7 Å². The highest BCUT2D eigenvalue weighted by atomic mass is 35.5. The van der Waals surface area contributed by atoms with E-state index >= 15 is 0 Å². The number of aromatic nitrogens is 5. The van der Waals surface area contributed by atoms with Gasteiger partial charge in [0.15, 0.2) is 5.69 Å². The summed E-state index contributed by atoms with van der Waals surface area (Å²) in [6, 6.07) is 7.35. The predicted molar refractivity (Wildman–Crippen MR) is 152 cm³/mol. The van der Waals surface area contributed by atoms with Crippen LogP contribution < -0.4 is 16.0 Å². The molecule has 1 amide bonds. The number of nitrogens with one attached hydrogen (secondary N) is 3. The largest absolute Gasteiger partial charge is 0.421 e. The van der Waals surface area contributed by atoms with Crippen LogP contribution in [0.2, 0.25) is 5.02 Å². The van der Waals surface area contributed by atoms with Crippen molar-refractivity contribution in [2.75, 3.05) is 24.3 Å². The first-order valence-electron chi connectivity index (χ1n) is 12.5. The predicted octanol–water partition coefficient (Wildman–Crippen LogP) is 4.54. The Morgan fingerprint density at radius 3 is 2.58 bits per heavy atom. The number of anilines is 4. The van der Waals surface area contributed by atoms with E-state index in [1.165, 1.54) is 43.6 Å². The molecule has 4 aromatic rings. The number of carbonyl (C=O) groups is 1. The third-order valence-electron chi connectivity index (χ3n) is 5.80. The van der Waals surface area contributed by atoms with Crippen LogP contribution in [0.25, 0.3) is 11.3 Å². The zero-order chi connectivity index (χ0) is 31.1. The number of alkyl halides is 3. The fourth-order valence-corrected chi connectivity index (χ4v) is 4.29. The van der Waals surface area contributed by atoms with Gasteiger partial charge in [-0.1, -0.05) is 17.7 Å². The van der Waals surface area contributed by atoms with Gasteiger partial charge in [-0.2, -0.15) is 23.3 Å². The van der Waals surface area contributed by atoms with Crippen LogP contribution in [0.3, 0.4) is 0 Å². The average molecular weight is 641 g/mol. The average Bonchev–Trinajstić information content (AvgIpc) is 3.44. The highest BCUT2D eigenvalue weighted by Gasteiger charge is 2.36. The van der Waals surface area contributed by atoms with E-state index in [1.54, 1.807) is 10.9 Å². The number of carbonyl (C=O) groups excluding carboxylic acids is 1. The van der Waals surface area contributed by atoms with E-state index in [9.17, 15) is 22.5 Å². The maximum absolute atomic E-state index is 13.9. The molecule has 0 fully saturated rings. The smallest absolute Gasteiger partial charge is 0.396 e. The quantitative estimate of drug-likeness (QED) is 0.137. The standard InChI is InChI=1S/C25H25ClF3N8O5P/c1-30-23(39)21-20(6-5-18(33-21)15-10-32-37(12-15)7-2-8-38)34-22-16(25(27,28)29)11-31-24(36-22)35-19-4-3-14(9-17(19)26)13-42-43(40)41/h3-6,9-12,38,43H,2,7-8,13H2,1H3,(H,30,39)(H,40,41)(H2,31,34,35,36). The molecule has 3 heterocycles. The molecule has 1 atom stereocenters. The van der Waals surface area contributed by atoms with Crippen molar-refractivity contribution in [1.82, 2.24) is 30.0 Å². The Balaban J connectivity index is 1.66. The van der Waals surface area contributed by atoms with Crippen molar-refractivity contribution in [1.29, 1.82) is 0 Å². The van der Waals surface area contributed by atoms with E-state index in [0.29, 0.717) is 36.0 Å². The Hall–Kier alpha value is -4.08. The minimum atomic E-state index is -4.85. The molecule has 1 unspecified atom stereocenters. The summed E-state index contributed by atoms with van der Waals surface area (Å²) >= 11 is 6.26. The molecule has 18 heteroatoms. The van der Waals surface area contributed by atoms with Gasteiger partial charge in [0.25, 0.3) is 5.91 Å². The lowest BCUT2D eigenvalue weighted by atomic mass is 10.1. The maximum Gasteiger partial charge on any atom is 0.421 e. The minimum Gasteiger partial charge on any atom is -0.396 e. The van der Waals surface area contributed by atoms with Crippen LogP contribution in [0.5, 0.6) is 0 Å². The molecule has 0 aliphatic carbocycles. The summed E-state index contributed by atoms with van der Waals surface area (Å²) in [7, 11) is -1.79. The first-order chi connectivity index (χ1) is 20.5. The molecule has 0 bridgehead atoms. The molecular formula is C25H25ClF3N8O5P. The summed E-state index contributed by atoms with van der Waals surface area (Å²) in [4.78, 5) is 33.7. The number of hydrogen-bond donors (Lipinski definition) is 5. The van der Waals surface area contributed by atoms with Gasteiger partial charge in [0.2, 0.25) is 5.95 Å². The molecule has 4 rings (SSSR count). The van der Waals surface area contributed by atoms with E-state index in [4.69, 9.17) is 21.6 Å². The van der Waals surface area contributed by atoms with Crippen molar-refractivity contribution in [2.45, 2.75) is 25.7 Å². The van der Waals surface area contributed by atoms with Gasteiger partial charge in [-0.05, 0) is 36.2 Å². The van der Waals surface area contributed by atoms with Gasteiger partial charge in [-0.3, -0.25) is 14.0 Å². The van der Waals surface area contributed by atoms with E-state index in [1.807, 2.05) is 0 Å². The summed E-state index contributed by atoms with van der Waals surface area (Å²) in [5, 5.41) is 21.1. The van der Waals surface area contributed by atoms with Gasteiger partial charge >= 0.3 is 14.4 Å². The molecular weight excluding hydrogens is 616 g/mol. The van der Waals surface area contributed by atoms with Gasteiger partial charge in [0.05, 0.1) is 34.9 Å². The Morgan fingerprint density at radius 2 is 1.91 bits per heavy atom. The number of hydrogen-bond acceptors (Lipinski definition) is 10. The number of nitrogens with zero attached hydrogens (tertiary/aromatic N) is 5. The molecule has 0 radical (unpaired) electrons. The van der Waals surface area contributed by atoms with Crippen LogP contribution in [0.4, 0.5) is 36.3 Å². The number of aliphatic hydroxyl groups is 1. The second-order valence-corrected chi connectivity index (χ2v) is 10.0. The maximum atomic E-state index is 13.9. The number of halogens is 4. The summed E-state index contributed by atoms with van der Waals surface area (Å²) in [5.41, 5.74) is 0.160. The Morgan fingerprint density at radius 1 is 1.14 bits per heavy atom. The monoisotopic (exact) mass is 640 g/mol. The van der Waals surface area contributed by atoms with Crippen molar-refractivity contribution in [2.24, 2.45) is 0 Å². The van der Waals surface area contributed by atoms with E-state index in [2.05, 4.69) is 40.5 Å². The van der Waals surface area contributed by atoms with Gasteiger partial charge in [-0.25, -0.2) is 9.97 Å². The Kier molecular flexibility index (Phi) is 10.3. The van der Waals surface area contributed by atoms with Crippen LogP contribution in [0.1, 0.15) is 28.0 Å². The molecule has 0 saturated carbocycles. The summed E-state index contributed by atoms with van der Waals surface area (Å²) < 4.78 is 58.8. The summed E-state index contributed by atoms with van der Waals surface area (Å²) in [6.45, 7) is 0.268. The first kappa shape index (κ1) is 31.8. The summed E-state index contributed by atoms with van der Waals surface area (Å²) in [5.74, 6) is -1.57. The van der Waals surface area contributed by atoms with Crippen molar-refractivity contribution >= 4 is 48.9 Å². The molecule has 1 aromatic carbocycles. The Labute approximate surface area is 248 Å². The third kappa shape index (κ3) is 8.27. The fourth-order valence-electron chi connectivity index (χ4n) is 3.75. The van der Waals surface area contributed by atoms with Crippen LogP contribution in [0, 0.1) is 0 Å². The Bertz CT molecular complexity index is 1640. The van der Waals surface area contributed by atoms with Crippen molar-refractivity contribution in [3.63, 3.8) is 0 Å². The number of benzene rings is 1. The van der Waals surface area contributed by atoms with Crippen molar-refractivity contribution in [3.05, 3.63) is 70.8 Å². The lowest BCUT2D eigenvalue weighted by Gasteiger charge is -2.17. The molecule has 0 aliphatic heterocycles. The highest BCUT2D eigenvalue weighted by Crippen LogP contribution is 2.36. The van der Waals surface area contributed by atoms with Crippen LogP contribution in [0.15, 0.2) is 48.9 Å². The fraction of sp³-hybridized carbons (Fsp3) is 0.240. The number of aryl methyl sites for hydroxylation is 1. The van der Waals surface area contributed by atoms with Gasteiger partial charge in [-0.15, -0.1) is 0 Å². The van der Waals surface area contributed by atoms with E-state index in [0.717, 1.165) is 0 Å².